The first kappa shape index (κ1) is 15.6. The highest BCUT2D eigenvalue weighted by atomic mass is 35.5. The Morgan fingerprint density at radius 1 is 1.43 bits per heavy atom. The molecule has 1 aliphatic heterocycles. The molecule has 0 aliphatic carbocycles. The molecule has 0 saturated heterocycles. The van der Waals surface area contributed by atoms with Gasteiger partial charge in [-0.15, -0.1) is 0 Å². The number of benzene rings is 1. The average molecular weight is 311 g/mol. The van der Waals surface area contributed by atoms with Crippen LogP contribution < -0.4 is 5.32 Å². The van der Waals surface area contributed by atoms with E-state index in [1.54, 1.807) is 0 Å². The molecule has 114 valence electrons. The first-order chi connectivity index (χ1) is 9.83. The number of carbonyl (C=O) groups excluding carboxylic acids is 1. The quantitative estimate of drug-likeness (QED) is 0.931. The van der Waals surface area contributed by atoms with Gasteiger partial charge in [0.1, 0.15) is 5.60 Å². The van der Waals surface area contributed by atoms with Crippen molar-refractivity contribution < 1.29 is 14.4 Å². The summed E-state index contributed by atoms with van der Waals surface area (Å²) in [6, 6.07) is 7.42. The van der Waals surface area contributed by atoms with E-state index in [1.807, 2.05) is 45.0 Å². The highest BCUT2D eigenvalue weighted by molar-refractivity contribution is 6.30. The third kappa shape index (κ3) is 4.93. The number of alkyl carbamates (subject to hydrolysis) is 1. The van der Waals surface area contributed by atoms with Crippen LogP contribution in [0.25, 0.3) is 0 Å². The summed E-state index contributed by atoms with van der Waals surface area (Å²) in [5.41, 5.74) is 1.31. The second-order valence-corrected chi connectivity index (χ2v) is 6.30. The third-order valence-corrected chi connectivity index (χ3v) is 3.04. The highest BCUT2D eigenvalue weighted by Gasteiger charge is 2.24. The highest BCUT2D eigenvalue weighted by Crippen LogP contribution is 2.18. The van der Waals surface area contributed by atoms with Crippen molar-refractivity contribution in [3.8, 4) is 0 Å². The van der Waals surface area contributed by atoms with Crippen molar-refractivity contribution in [2.45, 2.75) is 38.9 Å². The fraction of sp³-hybridized carbons (Fsp3) is 0.467. The molecule has 1 atom stereocenters. The number of nitrogens with one attached hydrogen (secondary N) is 1. The molecular weight excluding hydrogens is 292 g/mol. The predicted octanol–water partition coefficient (Wildman–Crippen LogP) is 3.36. The van der Waals surface area contributed by atoms with Gasteiger partial charge in [0.05, 0.1) is 12.3 Å². The minimum atomic E-state index is -0.508. The van der Waals surface area contributed by atoms with E-state index in [0.29, 0.717) is 18.0 Å². The van der Waals surface area contributed by atoms with Crippen LogP contribution in [0.15, 0.2) is 29.4 Å². The minimum absolute atomic E-state index is 0.178. The van der Waals surface area contributed by atoms with Crippen LogP contribution in [-0.4, -0.2) is 30.1 Å². The zero-order valence-electron chi connectivity index (χ0n) is 12.4. The molecule has 5 nitrogen and oxygen atoms in total. The lowest BCUT2D eigenvalue weighted by atomic mass is 10.1. The maximum atomic E-state index is 11.6. The van der Waals surface area contributed by atoms with Crippen LogP contribution in [-0.2, 0) is 9.57 Å². The lowest BCUT2D eigenvalue weighted by Crippen LogP contribution is -2.37. The van der Waals surface area contributed by atoms with Gasteiger partial charge in [-0.1, -0.05) is 28.9 Å². The molecule has 21 heavy (non-hydrogen) atoms. The van der Waals surface area contributed by atoms with Crippen LogP contribution >= 0.6 is 11.6 Å². The molecule has 0 spiro atoms. The second-order valence-electron chi connectivity index (χ2n) is 5.86. The van der Waals surface area contributed by atoms with Gasteiger partial charge in [0, 0.05) is 11.4 Å². The molecule has 1 unspecified atom stereocenters. The first-order valence-electron chi connectivity index (χ1n) is 6.79. The minimum Gasteiger partial charge on any atom is -0.444 e. The van der Waals surface area contributed by atoms with E-state index in [0.717, 1.165) is 11.3 Å². The summed E-state index contributed by atoms with van der Waals surface area (Å²) in [5, 5.41) is 7.41. The number of ether oxygens (including phenoxy) is 1. The number of nitrogens with zero attached hydrogens (tertiary/aromatic N) is 1. The van der Waals surface area contributed by atoms with Crippen LogP contribution in [0.5, 0.6) is 0 Å². The first-order valence-corrected chi connectivity index (χ1v) is 7.17. The van der Waals surface area contributed by atoms with Crippen molar-refractivity contribution in [2.75, 3.05) is 6.54 Å². The SMILES string of the molecule is CC(C)(C)OC(=O)NCC1CC(c2ccc(Cl)cc2)=NO1. The Bertz CT molecular complexity index is 535. The monoisotopic (exact) mass is 310 g/mol. The molecule has 0 saturated carbocycles. The Kier molecular flexibility index (Phi) is 4.73. The van der Waals surface area contributed by atoms with Crippen LogP contribution in [0.4, 0.5) is 4.79 Å². The van der Waals surface area contributed by atoms with Gasteiger partial charge in [-0.3, -0.25) is 0 Å². The molecule has 1 N–H and O–H groups in total. The number of hydrogen-bond donors (Lipinski definition) is 1. The van der Waals surface area contributed by atoms with E-state index in [9.17, 15) is 4.79 Å². The molecule has 0 radical (unpaired) electrons. The predicted molar refractivity (Wildman–Crippen MR) is 81.7 cm³/mol. The summed E-state index contributed by atoms with van der Waals surface area (Å²) in [6.45, 7) is 5.82. The lowest BCUT2D eigenvalue weighted by molar-refractivity contribution is 0.0439. The number of halogens is 1. The van der Waals surface area contributed by atoms with Gasteiger partial charge in [0.15, 0.2) is 6.10 Å². The van der Waals surface area contributed by atoms with Crippen LogP contribution in [0.2, 0.25) is 5.02 Å². The molecule has 0 fully saturated rings. The van der Waals surface area contributed by atoms with Gasteiger partial charge in [0.25, 0.3) is 0 Å². The van der Waals surface area contributed by atoms with E-state index in [1.165, 1.54) is 0 Å². The van der Waals surface area contributed by atoms with E-state index < -0.39 is 11.7 Å². The largest absolute Gasteiger partial charge is 0.444 e. The Morgan fingerprint density at radius 3 is 2.71 bits per heavy atom. The third-order valence-electron chi connectivity index (χ3n) is 2.78. The standard InChI is InChI=1S/C15H19ClN2O3/c1-15(2,3)20-14(19)17-9-12-8-13(18-21-12)10-4-6-11(16)7-5-10/h4-7,12H,8-9H2,1-3H3,(H,17,19). The second kappa shape index (κ2) is 6.35. The van der Waals surface area contributed by atoms with Crippen molar-refractivity contribution in [1.29, 1.82) is 0 Å². The van der Waals surface area contributed by atoms with Gasteiger partial charge in [0.2, 0.25) is 0 Å². The Balaban J connectivity index is 1.80. The van der Waals surface area contributed by atoms with Gasteiger partial charge in [-0.2, -0.15) is 0 Å². The molecule has 0 bridgehead atoms. The number of carbonyl (C=O) groups is 1. The normalized spacial score (nSPS) is 17.9. The summed E-state index contributed by atoms with van der Waals surface area (Å²) in [6.07, 6.45) is 0.00601. The van der Waals surface area contributed by atoms with Crippen LogP contribution in [0, 0.1) is 0 Å². The van der Waals surface area contributed by atoms with Crippen molar-refractivity contribution >= 4 is 23.4 Å². The zero-order valence-corrected chi connectivity index (χ0v) is 13.1. The van der Waals surface area contributed by atoms with Crippen LogP contribution in [0.1, 0.15) is 32.8 Å². The lowest BCUT2D eigenvalue weighted by Gasteiger charge is -2.20. The van der Waals surface area contributed by atoms with E-state index in [4.69, 9.17) is 21.2 Å². The van der Waals surface area contributed by atoms with Gasteiger partial charge in [-0.05, 0) is 38.5 Å². The zero-order chi connectivity index (χ0) is 15.5. The number of rotatable bonds is 3. The molecule has 6 heteroatoms. The van der Waals surface area contributed by atoms with Crippen molar-refractivity contribution in [3.05, 3.63) is 34.9 Å². The van der Waals surface area contributed by atoms with Crippen LogP contribution in [0.3, 0.4) is 0 Å². The van der Waals surface area contributed by atoms with E-state index in [-0.39, 0.29) is 6.10 Å². The number of oxime groups is 1. The maximum absolute atomic E-state index is 11.6. The van der Waals surface area contributed by atoms with Gasteiger partial charge in [-0.25, -0.2) is 4.79 Å². The fourth-order valence-corrected chi connectivity index (χ4v) is 1.99. The Hall–Kier alpha value is -1.75. The molecule has 1 aliphatic rings. The molecular formula is C15H19ClN2O3. The smallest absolute Gasteiger partial charge is 0.407 e. The summed E-state index contributed by atoms with van der Waals surface area (Å²) >= 11 is 5.85. The summed E-state index contributed by atoms with van der Waals surface area (Å²) in [7, 11) is 0. The molecule has 1 amide bonds. The Labute approximate surface area is 129 Å². The summed E-state index contributed by atoms with van der Waals surface area (Å²) in [4.78, 5) is 16.9. The number of hydrogen-bond acceptors (Lipinski definition) is 4. The molecule has 1 heterocycles. The van der Waals surface area contributed by atoms with Crippen molar-refractivity contribution in [1.82, 2.24) is 5.32 Å². The molecule has 1 aromatic rings. The fourth-order valence-electron chi connectivity index (χ4n) is 1.86. The average Bonchev–Trinajstić information content (AvgIpc) is 2.84. The topological polar surface area (TPSA) is 59.9 Å². The maximum Gasteiger partial charge on any atom is 0.407 e. The summed E-state index contributed by atoms with van der Waals surface area (Å²) < 4.78 is 5.16. The summed E-state index contributed by atoms with van der Waals surface area (Å²) in [5.74, 6) is 0. The van der Waals surface area contributed by atoms with Crippen molar-refractivity contribution in [2.24, 2.45) is 5.16 Å². The molecule has 1 aromatic carbocycles. The Morgan fingerprint density at radius 2 is 2.10 bits per heavy atom. The molecule has 2 rings (SSSR count). The van der Waals surface area contributed by atoms with E-state index >= 15 is 0 Å². The number of amides is 1. The van der Waals surface area contributed by atoms with Crippen molar-refractivity contribution in [3.63, 3.8) is 0 Å². The molecule has 0 aromatic heterocycles. The van der Waals surface area contributed by atoms with E-state index in [2.05, 4.69) is 10.5 Å². The van der Waals surface area contributed by atoms with Gasteiger partial charge < -0.3 is 14.9 Å². The van der Waals surface area contributed by atoms with Gasteiger partial charge >= 0.3 is 6.09 Å².